The Morgan fingerprint density at radius 1 is 1.44 bits per heavy atom. The van der Waals surface area contributed by atoms with Gasteiger partial charge >= 0.3 is 0 Å². The molecule has 4 nitrogen and oxygen atoms in total. The Kier molecular flexibility index (Phi) is 3.87. The van der Waals surface area contributed by atoms with E-state index in [4.69, 9.17) is 5.73 Å². The first-order valence-electron chi connectivity index (χ1n) is 6.42. The number of anilines is 2. The molecule has 3 N–H and O–H groups in total. The van der Waals surface area contributed by atoms with Gasteiger partial charge in [-0.15, -0.1) is 0 Å². The molecule has 1 aliphatic rings. The van der Waals surface area contributed by atoms with Crippen molar-refractivity contribution in [3.8, 4) is 0 Å². The molecule has 0 saturated heterocycles. The van der Waals surface area contributed by atoms with E-state index in [-0.39, 0.29) is 5.91 Å². The summed E-state index contributed by atoms with van der Waals surface area (Å²) >= 11 is 0. The molecule has 4 heteroatoms. The van der Waals surface area contributed by atoms with E-state index >= 15 is 0 Å². The molecule has 0 bridgehead atoms. The summed E-state index contributed by atoms with van der Waals surface area (Å²) < 4.78 is 0. The fraction of sp³-hybridized carbons (Fsp3) is 0.500. The summed E-state index contributed by atoms with van der Waals surface area (Å²) in [6.07, 6.45) is 2.59. The number of rotatable bonds is 5. The van der Waals surface area contributed by atoms with Gasteiger partial charge in [-0.05, 0) is 57.0 Å². The van der Waals surface area contributed by atoms with E-state index in [0.717, 1.165) is 11.6 Å². The summed E-state index contributed by atoms with van der Waals surface area (Å²) in [5, 5.41) is 2.88. The molecule has 1 saturated carbocycles. The summed E-state index contributed by atoms with van der Waals surface area (Å²) in [6.45, 7) is 2.62. The second-order valence-electron chi connectivity index (χ2n) is 5.16. The molecule has 1 aliphatic carbocycles. The molecular weight excluding hydrogens is 226 g/mol. The number of carbonyl (C=O) groups is 1. The number of carbonyl (C=O) groups excluding carboxylic acids is 1. The van der Waals surface area contributed by atoms with Crippen molar-refractivity contribution >= 4 is 17.3 Å². The number of nitrogens with zero attached hydrogens (tertiary/aromatic N) is 1. The van der Waals surface area contributed by atoms with Crippen molar-refractivity contribution in [3.63, 3.8) is 0 Å². The zero-order valence-electron chi connectivity index (χ0n) is 11.0. The Hall–Kier alpha value is -1.55. The average Bonchev–Trinajstić information content (AvgIpc) is 3.15. The van der Waals surface area contributed by atoms with Gasteiger partial charge in [0.05, 0.1) is 6.54 Å². The van der Waals surface area contributed by atoms with Crippen molar-refractivity contribution in [3.05, 3.63) is 24.3 Å². The normalized spacial score (nSPS) is 16.6. The van der Waals surface area contributed by atoms with Crippen LogP contribution >= 0.6 is 0 Å². The minimum atomic E-state index is 0.0229. The predicted octanol–water partition coefficient (Wildman–Crippen LogP) is 1.94. The minimum absolute atomic E-state index is 0.0229. The van der Waals surface area contributed by atoms with Gasteiger partial charge in [-0.3, -0.25) is 9.69 Å². The van der Waals surface area contributed by atoms with Gasteiger partial charge in [0.15, 0.2) is 0 Å². The summed E-state index contributed by atoms with van der Waals surface area (Å²) in [5.74, 6) is 0.800. The molecule has 0 heterocycles. The molecule has 0 aromatic heterocycles. The fourth-order valence-electron chi connectivity index (χ4n) is 2.08. The van der Waals surface area contributed by atoms with E-state index in [2.05, 4.69) is 17.1 Å². The number of nitrogens with two attached hydrogens (primary N) is 1. The van der Waals surface area contributed by atoms with Crippen LogP contribution in [-0.2, 0) is 4.79 Å². The Balaban J connectivity index is 1.82. The third-order valence-electron chi connectivity index (χ3n) is 3.59. The smallest absolute Gasteiger partial charge is 0.238 e. The first-order chi connectivity index (χ1) is 8.56. The Morgan fingerprint density at radius 3 is 2.61 bits per heavy atom. The van der Waals surface area contributed by atoms with Crippen molar-refractivity contribution in [1.82, 2.24) is 4.90 Å². The van der Waals surface area contributed by atoms with E-state index in [1.807, 2.05) is 19.2 Å². The number of amides is 1. The molecular formula is C14H21N3O. The highest BCUT2D eigenvalue weighted by molar-refractivity contribution is 5.92. The summed E-state index contributed by atoms with van der Waals surface area (Å²) in [6, 6.07) is 7.69. The molecule has 1 aromatic carbocycles. The van der Waals surface area contributed by atoms with Crippen molar-refractivity contribution in [2.24, 2.45) is 5.92 Å². The maximum Gasteiger partial charge on any atom is 0.238 e. The van der Waals surface area contributed by atoms with Gasteiger partial charge in [-0.25, -0.2) is 0 Å². The third-order valence-corrected chi connectivity index (χ3v) is 3.59. The molecule has 2 rings (SSSR count). The second-order valence-corrected chi connectivity index (χ2v) is 5.16. The van der Waals surface area contributed by atoms with Gasteiger partial charge in [0.1, 0.15) is 0 Å². The van der Waals surface area contributed by atoms with Crippen molar-refractivity contribution in [2.45, 2.75) is 25.8 Å². The number of benzene rings is 1. The van der Waals surface area contributed by atoms with Crippen molar-refractivity contribution < 1.29 is 4.79 Å². The van der Waals surface area contributed by atoms with Gasteiger partial charge in [-0.2, -0.15) is 0 Å². The lowest BCUT2D eigenvalue weighted by Crippen LogP contribution is -2.37. The number of hydrogen-bond donors (Lipinski definition) is 2. The van der Waals surface area contributed by atoms with Gasteiger partial charge in [0.25, 0.3) is 0 Å². The largest absolute Gasteiger partial charge is 0.399 e. The minimum Gasteiger partial charge on any atom is -0.399 e. The van der Waals surface area contributed by atoms with E-state index in [1.165, 1.54) is 12.8 Å². The van der Waals surface area contributed by atoms with Gasteiger partial charge < -0.3 is 11.1 Å². The van der Waals surface area contributed by atoms with E-state index < -0.39 is 0 Å². The second kappa shape index (κ2) is 5.40. The molecule has 0 aliphatic heterocycles. The number of hydrogen-bond acceptors (Lipinski definition) is 3. The van der Waals surface area contributed by atoms with Crippen molar-refractivity contribution in [2.75, 3.05) is 24.6 Å². The third kappa shape index (κ3) is 3.47. The molecule has 98 valence electrons. The van der Waals surface area contributed by atoms with Crippen molar-refractivity contribution in [1.29, 1.82) is 0 Å². The van der Waals surface area contributed by atoms with Crippen LogP contribution in [0.5, 0.6) is 0 Å². The first-order valence-corrected chi connectivity index (χ1v) is 6.42. The molecule has 1 aromatic rings. The van der Waals surface area contributed by atoms with Gasteiger partial charge in [0, 0.05) is 17.4 Å². The number of nitrogens with one attached hydrogen (secondary N) is 1. The first kappa shape index (κ1) is 12.9. The van der Waals surface area contributed by atoms with E-state index in [0.29, 0.717) is 18.3 Å². The molecule has 1 atom stereocenters. The summed E-state index contributed by atoms with van der Waals surface area (Å²) in [4.78, 5) is 14.0. The maximum atomic E-state index is 11.9. The zero-order valence-corrected chi connectivity index (χ0v) is 11.0. The van der Waals surface area contributed by atoms with Crippen LogP contribution in [0, 0.1) is 5.92 Å². The van der Waals surface area contributed by atoms with Gasteiger partial charge in [-0.1, -0.05) is 0 Å². The summed E-state index contributed by atoms with van der Waals surface area (Å²) in [5.41, 5.74) is 7.09. The summed E-state index contributed by atoms with van der Waals surface area (Å²) in [7, 11) is 2.01. The monoisotopic (exact) mass is 247 g/mol. The Morgan fingerprint density at radius 2 is 2.06 bits per heavy atom. The van der Waals surface area contributed by atoms with Crippen LogP contribution in [-0.4, -0.2) is 30.4 Å². The van der Waals surface area contributed by atoms with Crippen LogP contribution < -0.4 is 11.1 Å². The lowest BCUT2D eigenvalue weighted by molar-refractivity contribution is -0.117. The van der Waals surface area contributed by atoms with Crippen LogP contribution in [0.4, 0.5) is 11.4 Å². The molecule has 1 unspecified atom stereocenters. The highest BCUT2D eigenvalue weighted by atomic mass is 16.2. The topological polar surface area (TPSA) is 58.4 Å². The van der Waals surface area contributed by atoms with E-state index in [1.54, 1.807) is 12.1 Å². The molecule has 1 amide bonds. The van der Waals surface area contributed by atoms with Crippen LogP contribution in [0.15, 0.2) is 24.3 Å². The van der Waals surface area contributed by atoms with E-state index in [9.17, 15) is 4.79 Å². The lowest BCUT2D eigenvalue weighted by Gasteiger charge is -2.23. The number of likely N-dealkylation sites (N-methyl/N-ethyl adjacent to an activating group) is 1. The standard InChI is InChI=1S/C14H21N3O/c1-10(11-3-4-11)17(2)9-14(18)16-13-7-5-12(15)6-8-13/h5-8,10-11H,3-4,9,15H2,1-2H3,(H,16,18). The Labute approximate surface area is 108 Å². The quantitative estimate of drug-likeness (QED) is 0.782. The molecule has 0 radical (unpaired) electrons. The molecule has 18 heavy (non-hydrogen) atoms. The average molecular weight is 247 g/mol. The van der Waals surface area contributed by atoms with Crippen LogP contribution in [0.1, 0.15) is 19.8 Å². The van der Waals surface area contributed by atoms with Crippen LogP contribution in [0.2, 0.25) is 0 Å². The highest BCUT2D eigenvalue weighted by Crippen LogP contribution is 2.34. The lowest BCUT2D eigenvalue weighted by atomic mass is 10.2. The number of nitrogen functional groups attached to an aromatic ring is 1. The SMILES string of the molecule is CC(C1CC1)N(C)CC(=O)Nc1ccc(N)cc1. The Bertz CT molecular complexity index is 412. The van der Waals surface area contributed by atoms with Gasteiger partial charge in [0.2, 0.25) is 5.91 Å². The fourth-order valence-corrected chi connectivity index (χ4v) is 2.08. The molecule has 1 fully saturated rings. The molecule has 0 spiro atoms. The predicted molar refractivity (Wildman–Crippen MR) is 74.3 cm³/mol. The van der Waals surface area contributed by atoms with Crippen LogP contribution in [0.3, 0.4) is 0 Å². The van der Waals surface area contributed by atoms with Crippen LogP contribution in [0.25, 0.3) is 0 Å². The zero-order chi connectivity index (χ0) is 13.1. The maximum absolute atomic E-state index is 11.9. The highest BCUT2D eigenvalue weighted by Gasteiger charge is 2.30.